The lowest BCUT2D eigenvalue weighted by Crippen LogP contribution is -2.57. The lowest BCUT2D eigenvalue weighted by Gasteiger charge is -2.36. The summed E-state index contributed by atoms with van der Waals surface area (Å²) in [6.45, 7) is 4.99. The minimum Gasteiger partial charge on any atom is -0.497 e. The third-order valence-corrected chi connectivity index (χ3v) is 5.61. The number of benzene rings is 1. The molecule has 1 aromatic carbocycles. The topological polar surface area (TPSA) is 94.5 Å². The molecule has 0 spiro atoms. The van der Waals surface area contributed by atoms with E-state index in [0.29, 0.717) is 24.5 Å². The molecule has 1 fully saturated rings. The standard InChI is InChI=1S/C23H36O7/c1-4-6-9-17(5-2)16-30-21(25)23(26,22-28-14-7-8-15-29-22)20(24)18-10-12-19(27-3)13-11-18/h10-13,17,20,22,24,26H,4-9,14-16H2,1-3H3. The summed E-state index contributed by atoms with van der Waals surface area (Å²) in [5.74, 6) is -0.138. The first-order chi connectivity index (χ1) is 14.5. The molecule has 1 heterocycles. The van der Waals surface area contributed by atoms with Gasteiger partial charge >= 0.3 is 5.97 Å². The Morgan fingerprint density at radius 1 is 1.20 bits per heavy atom. The predicted molar refractivity (Wildman–Crippen MR) is 112 cm³/mol. The van der Waals surface area contributed by atoms with Gasteiger partial charge in [-0.3, -0.25) is 0 Å². The highest BCUT2D eigenvalue weighted by Crippen LogP contribution is 2.34. The second-order valence-electron chi connectivity index (χ2n) is 7.80. The Morgan fingerprint density at radius 2 is 1.83 bits per heavy atom. The second kappa shape index (κ2) is 12.2. The summed E-state index contributed by atoms with van der Waals surface area (Å²) in [6.07, 6.45) is 2.50. The molecule has 7 nitrogen and oxygen atoms in total. The van der Waals surface area contributed by atoms with Crippen LogP contribution in [-0.2, 0) is 19.0 Å². The third kappa shape index (κ3) is 6.17. The van der Waals surface area contributed by atoms with Crippen LogP contribution in [-0.4, -0.2) is 55.0 Å². The van der Waals surface area contributed by atoms with Gasteiger partial charge in [0.2, 0.25) is 5.60 Å². The van der Waals surface area contributed by atoms with Crippen molar-refractivity contribution >= 4 is 5.97 Å². The molecule has 0 amide bonds. The van der Waals surface area contributed by atoms with Gasteiger partial charge in [-0.2, -0.15) is 0 Å². The molecular formula is C23H36O7. The lowest BCUT2D eigenvalue weighted by molar-refractivity contribution is -0.263. The Kier molecular flexibility index (Phi) is 10.0. The summed E-state index contributed by atoms with van der Waals surface area (Å²) >= 11 is 0. The molecule has 1 aliphatic rings. The van der Waals surface area contributed by atoms with Crippen molar-refractivity contribution in [3.8, 4) is 5.75 Å². The average molecular weight is 425 g/mol. The summed E-state index contributed by atoms with van der Waals surface area (Å²) < 4.78 is 21.9. The number of aliphatic hydroxyl groups excluding tert-OH is 1. The smallest absolute Gasteiger partial charge is 0.346 e. The Hall–Kier alpha value is -1.67. The van der Waals surface area contributed by atoms with Gasteiger partial charge < -0.3 is 29.2 Å². The van der Waals surface area contributed by atoms with Crippen molar-refractivity contribution in [3.05, 3.63) is 29.8 Å². The number of carbonyl (C=O) groups excluding carboxylic acids is 1. The summed E-state index contributed by atoms with van der Waals surface area (Å²) in [6, 6.07) is 6.48. The van der Waals surface area contributed by atoms with Gasteiger partial charge in [0.15, 0.2) is 6.29 Å². The van der Waals surface area contributed by atoms with E-state index in [2.05, 4.69) is 6.92 Å². The summed E-state index contributed by atoms with van der Waals surface area (Å²) in [5.41, 5.74) is -2.05. The minimum absolute atomic E-state index is 0.180. The maximum atomic E-state index is 13.1. The number of aliphatic hydroxyl groups is 2. The number of hydrogen-bond donors (Lipinski definition) is 2. The van der Waals surface area contributed by atoms with Crippen LogP contribution in [0.15, 0.2) is 24.3 Å². The van der Waals surface area contributed by atoms with E-state index in [-0.39, 0.29) is 12.5 Å². The fourth-order valence-corrected chi connectivity index (χ4v) is 3.47. The van der Waals surface area contributed by atoms with Gasteiger partial charge in [0.25, 0.3) is 0 Å². The van der Waals surface area contributed by atoms with Crippen LogP contribution in [0, 0.1) is 5.92 Å². The Balaban J connectivity index is 2.24. The summed E-state index contributed by atoms with van der Waals surface area (Å²) in [5, 5.41) is 22.5. The molecule has 0 bridgehead atoms. The summed E-state index contributed by atoms with van der Waals surface area (Å²) in [7, 11) is 1.54. The molecule has 0 radical (unpaired) electrons. The first-order valence-corrected chi connectivity index (χ1v) is 10.9. The number of methoxy groups -OCH3 is 1. The molecule has 3 unspecified atom stereocenters. The molecule has 2 N–H and O–H groups in total. The van der Waals surface area contributed by atoms with E-state index in [4.69, 9.17) is 18.9 Å². The SMILES string of the molecule is CCCCC(CC)COC(=O)C(O)(C1OCCCCO1)C(O)c1ccc(OC)cc1. The van der Waals surface area contributed by atoms with Crippen LogP contribution in [0.1, 0.15) is 64.0 Å². The lowest BCUT2D eigenvalue weighted by atomic mass is 9.89. The van der Waals surface area contributed by atoms with E-state index in [9.17, 15) is 15.0 Å². The van der Waals surface area contributed by atoms with Crippen LogP contribution in [0.3, 0.4) is 0 Å². The molecule has 1 saturated heterocycles. The first-order valence-electron chi connectivity index (χ1n) is 10.9. The maximum Gasteiger partial charge on any atom is 0.346 e. The van der Waals surface area contributed by atoms with Gasteiger partial charge in [-0.15, -0.1) is 0 Å². The van der Waals surface area contributed by atoms with E-state index in [1.54, 1.807) is 24.3 Å². The molecule has 1 aromatic rings. The Morgan fingerprint density at radius 3 is 2.37 bits per heavy atom. The second-order valence-corrected chi connectivity index (χ2v) is 7.80. The molecule has 30 heavy (non-hydrogen) atoms. The van der Waals surface area contributed by atoms with Gasteiger partial charge in [0.05, 0.1) is 13.7 Å². The zero-order chi connectivity index (χ0) is 22.0. The van der Waals surface area contributed by atoms with Crippen molar-refractivity contribution in [1.29, 1.82) is 0 Å². The highest BCUT2D eigenvalue weighted by molar-refractivity contribution is 5.81. The Bertz CT molecular complexity index is 625. The normalized spacial score (nSPS) is 19.4. The first kappa shape index (κ1) is 24.6. The van der Waals surface area contributed by atoms with Gasteiger partial charge in [-0.25, -0.2) is 4.79 Å². The molecule has 170 valence electrons. The van der Waals surface area contributed by atoms with Crippen molar-refractivity contribution in [2.75, 3.05) is 26.9 Å². The number of ether oxygens (including phenoxy) is 4. The predicted octanol–water partition coefficient (Wildman–Crippen LogP) is 3.37. The minimum atomic E-state index is -2.39. The van der Waals surface area contributed by atoms with E-state index in [1.807, 2.05) is 6.92 Å². The number of rotatable bonds is 11. The quantitative estimate of drug-likeness (QED) is 0.526. The molecule has 0 aromatic heterocycles. The van der Waals surface area contributed by atoms with Gasteiger partial charge in [-0.05, 0) is 42.9 Å². The van der Waals surface area contributed by atoms with Crippen molar-refractivity contribution in [2.45, 2.75) is 70.4 Å². The summed E-state index contributed by atoms with van der Waals surface area (Å²) in [4.78, 5) is 13.1. The van der Waals surface area contributed by atoms with Crippen LogP contribution < -0.4 is 4.74 Å². The van der Waals surface area contributed by atoms with Crippen LogP contribution >= 0.6 is 0 Å². The van der Waals surface area contributed by atoms with Crippen LogP contribution in [0.5, 0.6) is 5.75 Å². The highest BCUT2D eigenvalue weighted by Gasteiger charge is 2.54. The molecule has 2 rings (SSSR count). The van der Waals surface area contributed by atoms with Gasteiger partial charge in [0.1, 0.15) is 11.9 Å². The van der Waals surface area contributed by atoms with E-state index < -0.39 is 24.0 Å². The fraction of sp³-hybridized carbons (Fsp3) is 0.696. The average Bonchev–Trinajstić information content (AvgIpc) is 3.08. The van der Waals surface area contributed by atoms with Gasteiger partial charge in [0, 0.05) is 13.2 Å². The monoisotopic (exact) mass is 424 g/mol. The largest absolute Gasteiger partial charge is 0.497 e. The van der Waals surface area contributed by atoms with Crippen molar-refractivity contribution < 1.29 is 34.0 Å². The molecule has 0 saturated carbocycles. The molecular weight excluding hydrogens is 388 g/mol. The number of esters is 1. The van der Waals surface area contributed by atoms with Crippen molar-refractivity contribution in [1.82, 2.24) is 0 Å². The molecule has 1 aliphatic heterocycles. The van der Waals surface area contributed by atoms with Crippen LogP contribution in [0.25, 0.3) is 0 Å². The maximum absolute atomic E-state index is 13.1. The highest BCUT2D eigenvalue weighted by atomic mass is 16.7. The molecule has 7 heteroatoms. The van der Waals surface area contributed by atoms with Crippen LogP contribution in [0.4, 0.5) is 0 Å². The third-order valence-electron chi connectivity index (χ3n) is 5.61. The number of unbranched alkanes of at least 4 members (excludes halogenated alkanes) is 1. The van der Waals surface area contributed by atoms with Crippen LogP contribution in [0.2, 0.25) is 0 Å². The van der Waals surface area contributed by atoms with E-state index in [1.165, 1.54) is 7.11 Å². The van der Waals surface area contributed by atoms with Crippen molar-refractivity contribution in [3.63, 3.8) is 0 Å². The zero-order valence-corrected chi connectivity index (χ0v) is 18.3. The van der Waals surface area contributed by atoms with E-state index in [0.717, 1.165) is 38.5 Å². The zero-order valence-electron chi connectivity index (χ0n) is 18.3. The number of carbonyl (C=O) groups is 1. The molecule has 0 aliphatic carbocycles. The van der Waals surface area contributed by atoms with E-state index >= 15 is 0 Å². The fourth-order valence-electron chi connectivity index (χ4n) is 3.47. The number of hydrogen-bond acceptors (Lipinski definition) is 7. The van der Waals surface area contributed by atoms with Gasteiger partial charge in [-0.1, -0.05) is 45.2 Å². The van der Waals surface area contributed by atoms with Crippen molar-refractivity contribution in [2.24, 2.45) is 5.92 Å². The molecule has 3 atom stereocenters. The Labute approximate surface area is 179 Å².